The number of methoxy groups -OCH3 is 1. The van der Waals surface area contributed by atoms with E-state index in [0.29, 0.717) is 25.2 Å². The van der Waals surface area contributed by atoms with Crippen LogP contribution in [0.4, 0.5) is 0 Å². The number of aromatic nitrogens is 1. The molecule has 0 fully saturated rings. The smallest absolute Gasteiger partial charge is 0.281 e. The molecule has 0 bridgehead atoms. The van der Waals surface area contributed by atoms with Gasteiger partial charge >= 0.3 is 0 Å². The van der Waals surface area contributed by atoms with Crippen molar-refractivity contribution in [1.82, 2.24) is 9.71 Å². The minimum absolute atomic E-state index is 0.209. The largest absolute Gasteiger partial charge is 0.496 e. The Morgan fingerprint density at radius 3 is 2.38 bits per heavy atom. The maximum atomic E-state index is 13.0. The van der Waals surface area contributed by atoms with Crippen molar-refractivity contribution in [2.45, 2.75) is 26.7 Å². The minimum atomic E-state index is -3.75. The lowest BCUT2D eigenvalue weighted by Crippen LogP contribution is -2.30. The summed E-state index contributed by atoms with van der Waals surface area (Å²) in [5.41, 5.74) is 5.24. The van der Waals surface area contributed by atoms with Crippen LogP contribution in [-0.2, 0) is 16.4 Å². The third-order valence-corrected chi connectivity index (χ3v) is 7.25. The van der Waals surface area contributed by atoms with E-state index in [1.807, 2.05) is 68.4 Å². The number of para-hydroxylation sites is 2. The lowest BCUT2D eigenvalue weighted by molar-refractivity contribution is 0.0976. The summed E-state index contributed by atoms with van der Waals surface area (Å²) < 4.78 is 37.2. The summed E-state index contributed by atoms with van der Waals surface area (Å²) in [5, 5.41) is 1.55. The molecule has 1 aromatic heterocycles. The summed E-state index contributed by atoms with van der Waals surface area (Å²) in [4.78, 5) is 16.2. The average molecular weight is 541 g/mol. The Labute approximate surface area is 221 Å². The molecular formula is C28H29ClN2O5S. The second-order valence-electron chi connectivity index (χ2n) is 8.93. The number of nitrogens with one attached hydrogen (secondary N) is 2. The zero-order valence-corrected chi connectivity index (χ0v) is 22.7. The fraction of sp³-hybridized carbons (Fsp3) is 0.250. The Kier molecular flexibility index (Phi) is 7.80. The lowest BCUT2D eigenvalue weighted by Gasteiger charge is -2.11. The maximum Gasteiger partial charge on any atom is 0.281 e. The number of ether oxygens (including phenoxy) is 2. The number of hydrogen-bond donors (Lipinski definition) is 2. The number of rotatable bonds is 9. The molecule has 0 saturated carbocycles. The van der Waals surface area contributed by atoms with Gasteiger partial charge in [0.05, 0.1) is 25.5 Å². The number of carbonyl (C=O) groups excluding carboxylic acids is 1. The van der Waals surface area contributed by atoms with Crippen molar-refractivity contribution in [3.8, 4) is 22.6 Å². The zero-order chi connectivity index (χ0) is 26.7. The Morgan fingerprint density at radius 2 is 1.70 bits per heavy atom. The Hall–Kier alpha value is -3.49. The molecule has 0 atom stereocenters. The van der Waals surface area contributed by atoms with E-state index in [4.69, 9.17) is 21.1 Å². The van der Waals surface area contributed by atoms with Gasteiger partial charge in [0.1, 0.15) is 17.2 Å². The number of carbonyl (C=O) groups is 1. The van der Waals surface area contributed by atoms with Crippen LogP contribution < -0.4 is 14.2 Å². The quantitative estimate of drug-likeness (QED) is 0.261. The molecule has 0 aliphatic rings. The third kappa shape index (κ3) is 5.92. The number of aromatic amines is 1. The van der Waals surface area contributed by atoms with E-state index in [1.54, 1.807) is 7.11 Å². The van der Waals surface area contributed by atoms with E-state index in [0.717, 1.165) is 55.7 Å². The molecule has 194 valence electrons. The van der Waals surface area contributed by atoms with Crippen LogP contribution in [-0.4, -0.2) is 39.3 Å². The highest BCUT2D eigenvalue weighted by Crippen LogP contribution is 2.37. The van der Waals surface area contributed by atoms with Crippen molar-refractivity contribution in [2.75, 3.05) is 20.0 Å². The number of benzene rings is 3. The number of sulfonamides is 1. The third-order valence-electron chi connectivity index (χ3n) is 6.09. The first-order valence-electron chi connectivity index (χ1n) is 11.8. The normalized spacial score (nSPS) is 11.5. The van der Waals surface area contributed by atoms with Crippen molar-refractivity contribution in [2.24, 2.45) is 0 Å². The Morgan fingerprint density at radius 1 is 1.03 bits per heavy atom. The zero-order valence-electron chi connectivity index (χ0n) is 21.1. The van der Waals surface area contributed by atoms with E-state index >= 15 is 0 Å². The summed E-state index contributed by atoms with van der Waals surface area (Å²) in [6.07, 6.45) is 2.05. The predicted octanol–water partition coefficient (Wildman–Crippen LogP) is 5.81. The Balaban J connectivity index is 1.68. The monoisotopic (exact) mass is 540 g/mol. The van der Waals surface area contributed by atoms with Gasteiger partial charge in [0.15, 0.2) is 0 Å². The second kappa shape index (κ2) is 10.9. The van der Waals surface area contributed by atoms with Crippen LogP contribution in [0.25, 0.3) is 22.0 Å². The van der Waals surface area contributed by atoms with Crippen molar-refractivity contribution in [3.63, 3.8) is 0 Å². The first-order valence-corrected chi connectivity index (χ1v) is 14.0. The van der Waals surface area contributed by atoms with Crippen molar-refractivity contribution >= 4 is 38.4 Å². The summed E-state index contributed by atoms with van der Waals surface area (Å²) >= 11 is 6.26. The van der Waals surface area contributed by atoms with E-state index in [-0.39, 0.29) is 5.69 Å². The molecule has 2 N–H and O–H groups in total. The molecule has 3 aromatic carbocycles. The number of aryl methyl sites for hydroxylation is 3. The van der Waals surface area contributed by atoms with Crippen molar-refractivity contribution < 1.29 is 22.7 Å². The molecule has 0 radical (unpaired) electrons. The first kappa shape index (κ1) is 26.6. The summed E-state index contributed by atoms with van der Waals surface area (Å²) in [6, 6.07) is 17.2. The molecular weight excluding hydrogens is 512 g/mol. The fourth-order valence-corrected chi connectivity index (χ4v) is 5.01. The van der Waals surface area contributed by atoms with Gasteiger partial charge in [0.25, 0.3) is 5.91 Å². The molecule has 7 nitrogen and oxygen atoms in total. The van der Waals surface area contributed by atoms with Crippen LogP contribution in [0, 0.1) is 13.8 Å². The summed E-state index contributed by atoms with van der Waals surface area (Å²) in [7, 11) is -2.14. The molecule has 0 aliphatic carbocycles. The molecule has 9 heteroatoms. The molecule has 4 rings (SSSR count). The average Bonchev–Trinajstić information content (AvgIpc) is 3.23. The van der Waals surface area contributed by atoms with Gasteiger partial charge in [-0.2, -0.15) is 0 Å². The highest BCUT2D eigenvalue weighted by atomic mass is 35.5. The Bertz CT molecular complexity index is 1550. The summed E-state index contributed by atoms with van der Waals surface area (Å²) in [6.45, 7) is 4.27. The van der Waals surface area contributed by atoms with Crippen molar-refractivity contribution in [1.29, 1.82) is 0 Å². The molecule has 0 spiro atoms. The van der Waals surface area contributed by atoms with Gasteiger partial charge in [0.2, 0.25) is 10.0 Å². The van der Waals surface area contributed by atoms with E-state index < -0.39 is 15.9 Å². The van der Waals surface area contributed by atoms with Crippen LogP contribution >= 0.6 is 11.6 Å². The van der Waals surface area contributed by atoms with Gasteiger partial charge in [-0.25, -0.2) is 13.1 Å². The molecule has 37 heavy (non-hydrogen) atoms. The molecule has 0 aliphatic heterocycles. The molecule has 0 saturated heterocycles. The number of hydrogen-bond acceptors (Lipinski definition) is 5. The predicted molar refractivity (Wildman–Crippen MR) is 147 cm³/mol. The van der Waals surface area contributed by atoms with Gasteiger partial charge in [-0.1, -0.05) is 48.0 Å². The van der Waals surface area contributed by atoms with Crippen molar-refractivity contribution in [3.05, 3.63) is 82.0 Å². The van der Waals surface area contributed by atoms with Gasteiger partial charge < -0.3 is 14.5 Å². The molecule has 1 amide bonds. The van der Waals surface area contributed by atoms with E-state index in [2.05, 4.69) is 9.71 Å². The van der Waals surface area contributed by atoms with Gasteiger partial charge in [0, 0.05) is 21.5 Å². The second-order valence-corrected chi connectivity index (χ2v) is 11.1. The highest BCUT2D eigenvalue weighted by Gasteiger charge is 2.22. The lowest BCUT2D eigenvalue weighted by atomic mass is 9.99. The van der Waals surface area contributed by atoms with Gasteiger partial charge in [-0.05, 0) is 61.6 Å². The summed E-state index contributed by atoms with van der Waals surface area (Å²) in [5.74, 6) is 0.714. The van der Waals surface area contributed by atoms with Gasteiger partial charge in [-0.3, -0.25) is 4.79 Å². The number of H-pyrrole nitrogens is 1. The van der Waals surface area contributed by atoms with E-state index in [1.165, 1.54) is 0 Å². The van der Waals surface area contributed by atoms with Gasteiger partial charge in [-0.15, -0.1) is 0 Å². The first-order chi connectivity index (χ1) is 17.6. The molecule has 1 heterocycles. The molecule has 4 aromatic rings. The minimum Gasteiger partial charge on any atom is -0.496 e. The highest BCUT2D eigenvalue weighted by molar-refractivity contribution is 7.89. The molecule has 0 unspecified atom stereocenters. The van der Waals surface area contributed by atoms with Crippen LogP contribution in [0.2, 0.25) is 5.02 Å². The number of amides is 1. The standard InChI is InChI=1S/C28H29ClN2O5S/c1-17-15-19(16-18(2)25(17)29)36-14-8-12-23-22-11-7-10-21(20-9-5-6-13-24(20)35-3)26(22)30-27(23)28(32)31-37(4,33)34/h5-7,9-11,13,15-16,30H,8,12,14H2,1-4H3,(H,31,32). The van der Waals surface area contributed by atoms with Crippen LogP contribution in [0.5, 0.6) is 11.5 Å². The number of halogens is 1. The van der Waals surface area contributed by atoms with Crippen LogP contribution in [0.3, 0.4) is 0 Å². The topological polar surface area (TPSA) is 97.5 Å². The van der Waals surface area contributed by atoms with Crippen LogP contribution in [0.15, 0.2) is 54.6 Å². The maximum absolute atomic E-state index is 13.0. The fourth-order valence-electron chi connectivity index (χ4n) is 4.47. The van der Waals surface area contributed by atoms with Crippen LogP contribution in [0.1, 0.15) is 33.6 Å². The SMILES string of the molecule is COc1ccccc1-c1cccc2c(CCCOc3cc(C)c(Cl)c(C)c3)c(C(=O)NS(C)(=O)=O)[nH]c12. The van der Waals surface area contributed by atoms with E-state index in [9.17, 15) is 13.2 Å². The number of fused-ring (bicyclic) bond motifs is 1.